The summed E-state index contributed by atoms with van der Waals surface area (Å²) in [6.07, 6.45) is 10.1. The fraction of sp³-hybridized carbons (Fsp3) is 0.938. The van der Waals surface area contributed by atoms with Crippen molar-refractivity contribution < 1.29 is 9.90 Å². The highest BCUT2D eigenvalue weighted by Gasteiger charge is 2.35. The number of carbonyl (C=O) groups is 1. The van der Waals surface area contributed by atoms with E-state index in [4.69, 9.17) is 10.8 Å². The Balaban J connectivity index is 2.72. The van der Waals surface area contributed by atoms with E-state index in [0.29, 0.717) is 6.42 Å². The number of piperidine rings is 1. The molecule has 1 aliphatic heterocycles. The van der Waals surface area contributed by atoms with Crippen molar-refractivity contribution in [3.63, 3.8) is 0 Å². The summed E-state index contributed by atoms with van der Waals surface area (Å²) in [7, 11) is 0. The van der Waals surface area contributed by atoms with Gasteiger partial charge in [0.1, 0.15) is 6.04 Å². The third kappa shape index (κ3) is 4.74. The molecule has 0 bridgehead atoms. The fourth-order valence-corrected chi connectivity index (χ4v) is 3.44. The van der Waals surface area contributed by atoms with Crippen LogP contribution in [0.25, 0.3) is 0 Å². The number of hydrogen-bond donors (Lipinski definition) is 2. The first-order chi connectivity index (χ1) is 9.55. The zero-order valence-electron chi connectivity index (χ0n) is 13.2. The van der Waals surface area contributed by atoms with Gasteiger partial charge in [-0.15, -0.1) is 0 Å². The summed E-state index contributed by atoms with van der Waals surface area (Å²) < 4.78 is 0. The molecule has 1 heterocycles. The summed E-state index contributed by atoms with van der Waals surface area (Å²) in [5.41, 5.74) is 5.89. The van der Waals surface area contributed by atoms with Crippen molar-refractivity contribution >= 4 is 5.97 Å². The SMILES string of the molecule is CCCCC(CC)(CCC(N)C(=O)O)N1CCCCC1. The second-order valence-electron chi connectivity index (χ2n) is 6.21. The number of likely N-dealkylation sites (tertiary alicyclic amines) is 1. The van der Waals surface area contributed by atoms with E-state index < -0.39 is 12.0 Å². The minimum atomic E-state index is -0.871. The Morgan fingerprint density at radius 3 is 2.40 bits per heavy atom. The van der Waals surface area contributed by atoms with E-state index in [9.17, 15) is 4.79 Å². The smallest absolute Gasteiger partial charge is 0.320 e. The van der Waals surface area contributed by atoms with Gasteiger partial charge in [-0.3, -0.25) is 9.69 Å². The topological polar surface area (TPSA) is 66.6 Å². The molecule has 2 unspecified atom stereocenters. The van der Waals surface area contributed by atoms with Gasteiger partial charge >= 0.3 is 5.97 Å². The molecule has 0 aromatic heterocycles. The van der Waals surface area contributed by atoms with Crippen LogP contribution in [0.5, 0.6) is 0 Å². The average Bonchev–Trinajstić information content (AvgIpc) is 2.48. The molecule has 1 aliphatic rings. The molecule has 4 nitrogen and oxygen atoms in total. The lowest BCUT2D eigenvalue weighted by Crippen LogP contribution is -2.51. The van der Waals surface area contributed by atoms with Crippen LogP contribution >= 0.6 is 0 Å². The monoisotopic (exact) mass is 284 g/mol. The number of hydrogen-bond acceptors (Lipinski definition) is 3. The quantitative estimate of drug-likeness (QED) is 0.683. The number of nitrogens with zero attached hydrogens (tertiary/aromatic N) is 1. The molecule has 0 aromatic carbocycles. The Kier molecular flexibility index (Phi) is 7.52. The summed E-state index contributed by atoms with van der Waals surface area (Å²) in [4.78, 5) is 13.6. The van der Waals surface area contributed by atoms with Crippen LogP contribution in [0.15, 0.2) is 0 Å². The third-order valence-electron chi connectivity index (χ3n) is 4.92. The molecule has 2 atom stereocenters. The molecule has 0 spiro atoms. The van der Waals surface area contributed by atoms with E-state index in [1.807, 2.05) is 0 Å². The molecule has 0 aliphatic carbocycles. The third-order valence-corrected chi connectivity index (χ3v) is 4.92. The number of unbranched alkanes of at least 4 members (excludes halogenated alkanes) is 1. The molecule has 0 aromatic rings. The van der Waals surface area contributed by atoms with Crippen LogP contribution in [0.4, 0.5) is 0 Å². The molecule has 4 heteroatoms. The Labute approximate surface area is 123 Å². The van der Waals surface area contributed by atoms with Gasteiger partial charge in [-0.05, 0) is 51.6 Å². The maximum Gasteiger partial charge on any atom is 0.320 e. The molecule has 0 radical (unpaired) electrons. The summed E-state index contributed by atoms with van der Waals surface area (Å²) in [5, 5.41) is 9.00. The standard InChI is InChI=1S/C16H32N2O2/c1-3-5-10-16(4-2,11-9-14(17)15(19)20)18-12-7-6-8-13-18/h14H,3-13,17H2,1-2H3,(H,19,20). The molecule has 118 valence electrons. The number of carboxylic acid groups (broad SMARTS) is 1. The van der Waals surface area contributed by atoms with Crippen molar-refractivity contribution in [3.05, 3.63) is 0 Å². The van der Waals surface area contributed by atoms with Crippen LogP contribution in [-0.4, -0.2) is 40.6 Å². The Bertz CT molecular complexity index is 290. The van der Waals surface area contributed by atoms with Crippen molar-refractivity contribution in [2.45, 2.75) is 83.2 Å². The molecule has 20 heavy (non-hydrogen) atoms. The van der Waals surface area contributed by atoms with Crippen LogP contribution in [0.3, 0.4) is 0 Å². The molecular weight excluding hydrogens is 252 g/mol. The first-order valence-electron chi connectivity index (χ1n) is 8.29. The molecule has 1 saturated heterocycles. The van der Waals surface area contributed by atoms with Crippen LogP contribution in [0.1, 0.15) is 71.6 Å². The molecule has 0 amide bonds. The second kappa shape index (κ2) is 8.63. The van der Waals surface area contributed by atoms with Crippen molar-refractivity contribution in [3.8, 4) is 0 Å². The van der Waals surface area contributed by atoms with Gasteiger partial charge in [0.05, 0.1) is 0 Å². The average molecular weight is 284 g/mol. The normalized spacial score (nSPS) is 21.4. The Morgan fingerprint density at radius 2 is 1.90 bits per heavy atom. The van der Waals surface area contributed by atoms with Gasteiger partial charge in [0.15, 0.2) is 0 Å². The van der Waals surface area contributed by atoms with Gasteiger partial charge in [-0.1, -0.05) is 33.1 Å². The van der Waals surface area contributed by atoms with Gasteiger partial charge in [0, 0.05) is 5.54 Å². The molecule has 0 saturated carbocycles. The van der Waals surface area contributed by atoms with Crippen LogP contribution in [0, 0.1) is 0 Å². The van der Waals surface area contributed by atoms with E-state index in [-0.39, 0.29) is 5.54 Å². The first kappa shape index (κ1) is 17.4. The number of aliphatic carboxylic acids is 1. The second-order valence-corrected chi connectivity index (χ2v) is 6.21. The molecular formula is C16H32N2O2. The Hall–Kier alpha value is -0.610. The zero-order valence-corrected chi connectivity index (χ0v) is 13.2. The van der Waals surface area contributed by atoms with E-state index in [1.165, 1.54) is 51.6 Å². The Morgan fingerprint density at radius 1 is 1.25 bits per heavy atom. The highest BCUT2D eigenvalue weighted by Crippen LogP contribution is 2.34. The summed E-state index contributed by atoms with van der Waals surface area (Å²) in [5.74, 6) is -0.871. The van der Waals surface area contributed by atoms with Crippen molar-refractivity contribution in [1.82, 2.24) is 4.90 Å². The van der Waals surface area contributed by atoms with Crippen LogP contribution in [-0.2, 0) is 4.79 Å². The van der Waals surface area contributed by atoms with E-state index in [0.717, 1.165) is 12.8 Å². The molecule has 1 rings (SSSR count). The van der Waals surface area contributed by atoms with Crippen LogP contribution < -0.4 is 5.73 Å². The number of rotatable bonds is 9. The minimum absolute atomic E-state index is 0.170. The van der Waals surface area contributed by atoms with Crippen molar-refractivity contribution in [2.24, 2.45) is 5.73 Å². The summed E-state index contributed by atoms with van der Waals surface area (Å²) in [6.45, 7) is 6.80. The minimum Gasteiger partial charge on any atom is -0.480 e. The van der Waals surface area contributed by atoms with Gasteiger partial charge in [0.2, 0.25) is 0 Å². The maximum absolute atomic E-state index is 11.0. The van der Waals surface area contributed by atoms with Crippen molar-refractivity contribution in [2.75, 3.05) is 13.1 Å². The van der Waals surface area contributed by atoms with Crippen LogP contribution in [0.2, 0.25) is 0 Å². The molecule has 3 N–H and O–H groups in total. The number of carboxylic acids is 1. The van der Waals surface area contributed by atoms with Crippen molar-refractivity contribution in [1.29, 1.82) is 0 Å². The fourth-order valence-electron chi connectivity index (χ4n) is 3.44. The van der Waals surface area contributed by atoms with Gasteiger partial charge in [0.25, 0.3) is 0 Å². The lowest BCUT2D eigenvalue weighted by atomic mass is 9.81. The maximum atomic E-state index is 11.0. The predicted octanol–water partition coefficient (Wildman–Crippen LogP) is 3.00. The highest BCUT2D eigenvalue weighted by molar-refractivity contribution is 5.72. The predicted molar refractivity (Wildman–Crippen MR) is 82.8 cm³/mol. The van der Waals surface area contributed by atoms with Gasteiger partial charge < -0.3 is 10.8 Å². The largest absolute Gasteiger partial charge is 0.480 e. The number of nitrogens with two attached hydrogens (primary N) is 1. The van der Waals surface area contributed by atoms with E-state index in [2.05, 4.69) is 18.7 Å². The summed E-state index contributed by atoms with van der Waals surface area (Å²) in [6, 6.07) is -0.715. The first-order valence-corrected chi connectivity index (χ1v) is 8.29. The van der Waals surface area contributed by atoms with Gasteiger partial charge in [-0.2, -0.15) is 0 Å². The lowest BCUT2D eigenvalue weighted by Gasteiger charge is -2.46. The lowest BCUT2D eigenvalue weighted by molar-refractivity contribution is -0.138. The van der Waals surface area contributed by atoms with Gasteiger partial charge in [-0.25, -0.2) is 0 Å². The van der Waals surface area contributed by atoms with E-state index >= 15 is 0 Å². The summed E-state index contributed by atoms with van der Waals surface area (Å²) >= 11 is 0. The van der Waals surface area contributed by atoms with E-state index in [1.54, 1.807) is 0 Å². The molecule has 1 fully saturated rings. The highest BCUT2D eigenvalue weighted by atomic mass is 16.4. The zero-order chi connectivity index (χ0) is 15.0.